The molecule has 0 saturated heterocycles. The first-order valence-electron chi connectivity index (χ1n) is 10.0. The minimum atomic E-state index is -0.465. The Balaban J connectivity index is 1.46. The Labute approximate surface area is 189 Å². The molecule has 0 fully saturated rings. The summed E-state index contributed by atoms with van der Waals surface area (Å²) in [6.07, 6.45) is 0. The van der Waals surface area contributed by atoms with Crippen molar-refractivity contribution < 1.29 is 18.9 Å². The lowest BCUT2D eigenvalue weighted by molar-refractivity contribution is -0.384. The second-order valence-electron chi connectivity index (χ2n) is 7.28. The summed E-state index contributed by atoms with van der Waals surface area (Å²) >= 11 is 0. The Morgan fingerprint density at radius 3 is 2.18 bits per heavy atom. The number of amides is 2. The highest BCUT2D eigenvalue weighted by Crippen LogP contribution is 2.29. The van der Waals surface area contributed by atoms with E-state index in [-0.39, 0.29) is 17.4 Å². The molecule has 3 aromatic carbocycles. The maximum atomic E-state index is 12.7. The number of hydrogen-bond acceptors (Lipinski definition) is 5. The highest BCUT2D eigenvalue weighted by atomic mass is 16.6. The molecule has 0 spiro atoms. The summed E-state index contributed by atoms with van der Waals surface area (Å²) in [4.78, 5) is 35.5. The lowest BCUT2D eigenvalue weighted by Crippen LogP contribution is -2.13. The van der Waals surface area contributed by atoms with Crippen LogP contribution >= 0.6 is 0 Å². The Kier molecular flexibility index (Phi) is 5.99. The van der Waals surface area contributed by atoms with Crippen LogP contribution < -0.4 is 10.6 Å². The largest absolute Gasteiger partial charge is 0.451 e. The molecule has 8 nitrogen and oxygen atoms in total. The minimum Gasteiger partial charge on any atom is -0.451 e. The first-order valence-corrected chi connectivity index (χ1v) is 10.0. The zero-order chi connectivity index (χ0) is 23.4. The second-order valence-corrected chi connectivity index (χ2v) is 7.28. The van der Waals surface area contributed by atoms with Gasteiger partial charge in [0.05, 0.1) is 4.92 Å². The van der Waals surface area contributed by atoms with Gasteiger partial charge in [0.1, 0.15) is 5.76 Å². The second kappa shape index (κ2) is 9.19. The SMILES string of the molecule is Cc1cc([N+](=O)[O-])ccc1-c1ccc(C(=O)Nc2cccc(NC(=O)c3ccccc3)c2)o1. The molecule has 1 heterocycles. The van der Waals surface area contributed by atoms with E-state index in [4.69, 9.17) is 4.42 Å². The van der Waals surface area contributed by atoms with Gasteiger partial charge in [-0.3, -0.25) is 19.7 Å². The minimum absolute atomic E-state index is 0.0139. The van der Waals surface area contributed by atoms with Crippen molar-refractivity contribution in [1.82, 2.24) is 0 Å². The van der Waals surface area contributed by atoms with Crippen LogP contribution in [0.2, 0.25) is 0 Å². The van der Waals surface area contributed by atoms with E-state index in [9.17, 15) is 19.7 Å². The Morgan fingerprint density at radius 1 is 0.818 bits per heavy atom. The lowest BCUT2D eigenvalue weighted by atomic mass is 10.1. The molecule has 4 rings (SSSR count). The summed E-state index contributed by atoms with van der Waals surface area (Å²) in [5.41, 5.74) is 2.84. The van der Waals surface area contributed by atoms with Crippen molar-refractivity contribution in [2.75, 3.05) is 10.6 Å². The number of non-ortho nitro benzene ring substituents is 1. The van der Waals surface area contributed by atoms with Crippen LogP contribution in [0, 0.1) is 17.0 Å². The van der Waals surface area contributed by atoms with Crippen molar-refractivity contribution in [3.63, 3.8) is 0 Å². The van der Waals surface area contributed by atoms with Gasteiger partial charge in [0.2, 0.25) is 0 Å². The maximum absolute atomic E-state index is 12.7. The fraction of sp³-hybridized carbons (Fsp3) is 0.0400. The van der Waals surface area contributed by atoms with Crippen molar-refractivity contribution in [1.29, 1.82) is 0 Å². The highest BCUT2D eigenvalue weighted by Gasteiger charge is 2.16. The number of rotatable bonds is 6. The molecule has 4 aromatic rings. The highest BCUT2D eigenvalue weighted by molar-refractivity contribution is 6.05. The van der Waals surface area contributed by atoms with E-state index >= 15 is 0 Å². The van der Waals surface area contributed by atoms with Crippen molar-refractivity contribution in [2.24, 2.45) is 0 Å². The average molecular weight is 441 g/mol. The van der Waals surface area contributed by atoms with Crippen LogP contribution in [0.1, 0.15) is 26.5 Å². The van der Waals surface area contributed by atoms with Gasteiger partial charge in [-0.15, -0.1) is 0 Å². The molecule has 0 atom stereocenters. The van der Waals surface area contributed by atoms with Crippen molar-refractivity contribution in [3.8, 4) is 11.3 Å². The van der Waals surface area contributed by atoms with Gasteiger partial charge < -0.3 is 15.1 Å². The molecule has 164 valence electrons. The number of nitrogens with one attached hydrogen (secondary N) is 2. The van der Waals surface area contributed by atoms with Crippen LogP contribution in [0.25, 0.3) is 11.3 Å². The van der Waals surface area contributed by atoms with E-state index in [2.05, 4.69) is 10.6 Å². The third kappa shape index (κ3) is 4.96. The lowest BCUT2D eigenvalue weighted by Gasteiger charge is -2.08. The van der Waals surface area contributed by atoms with Crippen LogP contribution in [0.15, 0.2) is 89.3 Å². The number of anilines is 2. The molecule has 0 bridgehead atoms. The molecule has 33 heavy (non-hydrogen) atoms. The van der Waals surface area contributed by atoms with Crippen LogP contribution in [0.3, 0.4) is 0 Å². The topological polar surface area (TPSA) is 114 Å². The first kappa shape index (κ1) is 21.5. The number of nitrogens with zero attached hydrogens (tertiary/aromatic N) is 1. The number of benzene rings is 3. The fourth-order valence-corrected chi connectivity index (χ4v) is 3.30. The molecule has 2 amide bonds. The molecule has 0 aliphatic rings. The maximum Gasteiger partial charge on any atom is 0.291 e. The van der Waals surface area contributed by atoms with E-state index in [0.717, 1.165) is 0 Å². The number of hydrogen-bond donors (Lipinski definition) is 2. The number of carbonyl (C=O) groups is 2. The van der Waals surface area contributed by atoms with Gasteiger partial charge in [0.25, 0.3) is 17.5 Å². The number of carbonyl (C=O) groups excluding carboxylic acids is 2. The molecule has 0 aliphatic carbocycles. The van der Waals surface area contributed by atoms with Crippen molar-refractivity contribution >= 4 is 28.9 Å². The van der Waals surface area contributed by atoms with Crippen LogP contribution in [0.4, 0.5) is 17.1 Å². The van der Waals surface area contributed by atoms with Crippen LogP contribution in [-0.4, -0.2) is 16.7 Å². The summed E-state index contributed by atoms with van der Waals surface area (Å²) < 4.78 is 5.69. The van der Waals surface area contributed by atoms with Crippen LogP contribution in [-0.2, 0) is 0 Å². The van der Waals surface area contributed by atoms with Gasteiger partial charge in [0.15, 0.2) is 5.76 Å². The fourth-order valence-electron chi connectivity index (χ4n) is 3.30. The predicted molar refractivity (Wildman–Crippen MR) is 124 cm³/mol. The quantitative estimate of drug-likeness (QED) is 0.296. The molecular weight excluding hydrogens is 422 g/mol. The molecule has 2 N–H and O–H groups in total. The summed E-state index contributed by atoms with van der Waals surface area (Å²) in [6.45, 7) is 1.74. The molecule has 1 aromatic heterocycles. The van der Waals surface area contributed by atoms with Gasteiger partial charge in [-0.25, -0.2) is 0 Å². The van der Waals surface area contributed by atoms with E-state index in [1.54, 1.807) is 67.6 Å². The standard InChI is InChI=1S/C25H19N3O5/c1-16-14-20(28(31)32)10-11-21(16)22-12-13-23(33-22)25(30)27-19-9-5-8-18(15-19)26-24(29)17-6-3-2-4-7-17/h2-15H,1H3,(H,26,29)(H,27,30). The van der Waals surface area contributed by atoms with Gasteiger partial charge in [-0.05, 0) is 61.0 Å². The van der Waals surface area contributed by atoms with Gasteiger partial charge in [-0.1, -0.05) is 24.3 Å². The van der Waals surface area contributed by atoms with E-state index in [0.29, 0.717) is 33.8 Å². The smallest absolute Gasteiger partial charge is 0.291 e. The van der Waals surface area contributed by atoms with Gasteiger partial charge in [-0.2, -0.15) is 0 Å². The van der Waals surface area contributed by atoms with Crippen molar-refractivity contribution in [3.05, 3.63) is 112 Å². The number of nitro benzene ring substituents is 1. The normalized spacial score (nSPS) is 10.5. The molecule has 0 unspecified atom stereocenters. The third-order valence-corrected chi connectivity index (χ3v) is 4.93. The Hall–Kier alpha value is -4.72. The molecule has 0 aliphatic heterocycles. The molecule has 0 radical (unpaired) electrons. The molecule has 0 saturated carbocycles. The number of furan rings is 1. The monoisotopic (exact) mass is 441 g/mol. The van der Waals surface area contributed by atoms with E-state index in [1.165, 1.54) is 18.2 Å². The molecule has 8 heteroatoms. The number of aryl methyl sites for hydroxylation is 1. The zero-order valence-electron chi connectivity index (χ0n) is 17.6. The summed E-state index contributed by atoms with van der Waals surface area (Å²) in [6, 6.07) is 23.2. The van der Waals surface area contributed by atoms with Gasteiger partial charge in [0, 0.05) is 34.6 Å². The van der Waals surface area contributed by atoms with E-state index < -0.39 is 10.8 Å². The Bertz CT molecular complexity index is 1350. The van der Waals surface area contributed by atoms with Crippen LogP contribution in [0.5, 0.6) is 0 Å². The zero-order valence-corrected chi connectivity index (χ0v) is 17.6. The van der Waals surface area contributed by atoms with Gasteiger partial charge >= 0.3 is 0 Å². The average Bonchev–Trinajstić information content (AvgIpc) is 3.30. The van der Waals surface area contributed by atoms with E-state index in [1.807, 2.05) is 6.07 Å². The molecular formula is C25H19N3O5. The predicted octanol–water partition coefficient (Wildman–Crippen LogP) is 5.67. The Morgan fingerprint density at radius 2 is 1.52 bits per heavy atom. The van der Waals surface area contributed by atoms with Crippen molar-refractivity contribution in [2.45, 2.75) is 6.92 Å². The summed E-state index contributed by atoms with van der Waals surface area (Å²) in [5, 5.41) is 16.5. The first-order chi connectivity index (χ1) is 15.9. The summed E-state index contributed by atoms with van der Waals surface area (Å²) in [7, 11) is 0. The summed E-state index contributed by atoms with van der Waals surface area (Å²) in [5.74, 6) is -0.210. The third-order valence-electron chi connectivity index (χ3n) is 4.93. The number of nitro groups is 1.